The Morgan fingerprint density at radius 1 is 1.00 bits per heavy atom. The fourth-order valence-corrected chi connectivity index (χ4v) is 3.55. The van der Waals surface area contributed by atoms with E-state index in [0.717, 1.165) is 39.1 Å². The lowest BCUT2D eigenvalue weighted by molar-refractivity contribution is -0.120. The van der Waals surface area contributed by atoms with E-state index in [9.17, 15) is 14.0 Å². The van der Waals surface area contributed by atoms with Crippen molar-refractivity contribution >= 4 is 17.5 Å². The Hall–Kier alpha value is -2.93. The predicted octanol–water partition coefficient (Wildman–Crippen LogP) is 2.19. The Balaban J connectivity index is 1.29. The first-order valence-corrected chi connectivity index (χ1v) is 10.4. The molecule has 2 amide bonds. The summed E-state index contributed by atoms with van der Waals surface area (Å²) in [5.74, 6) is -1.46. The van der Waals surface area contributed by atoms with Gasteiger partial charge in [-0.15, -0.1) is 0 Å². The SMILES string of the molecule is Cc1cccc(N2CCN(CCCNC(=O)CNC(=O)c3ccccc3F)CC2)c1. The van der Waals surface area contributed by atoms with Crippen LogP contribution in [0.1, 0.15) is 22.3 Å². The second kappa shape index (κ2) is 10.7. The van der Waals surface area contributed by atoms with Gasteiger partial charge in [0.25, 0.3) is 5.91 Å². The van der Waals surface area contributed by atoms with Gasteiger partial charge in [0.1, 0.15) is 5.82 Å². The van der Waals surface area contributed by atoms with E-state index in [1.54, 1.807) is 6.07 Å². The van der Waals surface area contributed by atoms with E-state index in [1.807, 2.05) is 0 Å². The van der Waals surface area contributed by atoms with Crippen LogP contribution < -0.4 is 15.5 Å². The number of anilines is 1. The van der Waals surface area contributed by atoms with Gasteiger partial charge in [0.2, 0.25) is 5.91 Å². The van der Waals surface area contributed by atoms with Crippen molar-refractivity contribution in [2.75, 3.05) is 50.7 Å². The fraction of sp³-hybridized carbons (Fsp3) is 0.391. The van der Waals surface area contributed by atoms with Gasteiger partial charge in [0, 0.05) is 38.4 Å². The van der Waals surface area contributed by atoms with E-state index in [2.05, 4.69) is 51.6 Å². The molecule has 2 N–H and O–H groups in total. The molecule has 1 saturated heterocycles. The van der Waals surface area contributed by atoms with Gasteiger partial charge in [-0.2, -0.15) is 0 Å². The molecule has 7 heteroatoms. The van der Waals surface area contributed by atoms with Crippen LogP contribution in [0.15, 0.2) is 48.5 Å². The summed E-state index contributed by atoms with van der Waals surface area (Å²) in [6.07, 6.45) is 0.845. The zero-order chi connectivity index (χ0) is 21.3. The number of nitrogens with zero attached hydrogens (tertiary/aromatic N) is 2. The highest BCUT2D eigenvalue weighted by Gasteiger charge is 2.17. The maximum absolute atomic E-state index is 13.6. The van der Waals surface area contributed by atoms with E-state index in [-0.39, 0.29) is 18.0 Å². The predicted molar refractivity (Wildman–Crippen MR) is 116 cm³/mol. The molecule has 1 aliphatic heterocycles. The number of hydrogen-bond acceptors (Lipinski definition) is 4. The van der Waals surface area contributed by atoms with E-state index < -0.39 is 11.7 Å². The zero-order valence-electron chi connectivity index (χ0n) is 17.4. The number of aryl methyl sites for hydroxylation is 1. The van der Waals surface area contributed by atoms with Crippen molar-refractivity contribution in [3.63, 3.8) is 0 Å². The Kier molecular flexibility index (Phi) is 7.79. The monoisotopic (exact) mass is 412 g/mol. The van der Waals surface area contributed by atoms with E-state index in [1.165, 1.54) is 29.4 Å². The molecular formula is C23H29FN4O2. The van der Waals surface area contributed by atoms with Gasteiger partial charge in [-0.1, -0.05) is 24.3 Å². The quantitative estimate of drug-likeness (QED) is 0.653. The number of carbonyl (C=O) groups is 2. The third-order valence-electron chi connectivity index (χ3n) is 5.24. The molecule has 0 saturated carbocycles. The molecule has 0 radical (unpaired) electrons. The van der Waals surface area contributed by atoms with Crippen LogP contribution in [0.3, 0.4) is 0 Å². The number of nitrogens with one attached hydrogen (secondary N) is 2. The molecular weight excluding hydrogens is 383 g/mol. The third-order valence-corrected chi connectivity index (χ3v) is 5.24. The lowest BCUT2D eigenvalue weighted by atomic mass is 10.2. The number of carbonyl (C=O) groups excluding carboxylic acids is 2. The molecule has 160 valence electrons. The van der Waals surface area contributed by atoms with Crippen LogP contribution in [-0.4, -0.2) is 62.5 Å². The first-order chi connectivity index (χ1) is 14.5. The minimum atomic E-state index is -0.599. The fourth-order valence-electron chi connectivity index (χ4n) is 3.55. The van der Waals surface area contributed by atoms with Gasteiger partial charge in [0.15, 0.2) is 0 Å². The Bertz CT molecular complexity index is 866. The number of halogens is 1. The lowest BCUT2D eigenvalue weighted by Crippen LogP contribution is -2.47. The van der Waals surface area contributed by atoms with Crippen molar-refractivity contribution in [1.82, 2.24) is 15.5 Å². The molecule has 3 rings (SSSR count). The summed E-state index contributed by atoms with van der Waals surface area (Å²) in [4.78, 5) is 28.6. The van der Waals surface area contributed by atoms with Crippen LogP contribution in [-0.2, 0) is 4.79 Å². The van der Waals surface area contributed by atoms with E-state index in [0.29, 0.717) is 6.54 Å². The summed E-state index contributed by atoms with van der Waals surface area (Å²) in [6, 6.07) is 14.3. The molecule has 30 heavy (non-hydrogen) atoms. The number of hydrogen-bond donors (Lipinski definition) is 2. The Labute approximate surface area is 177 Å². The van der Waals surface area contributed by atoms with Gasteiger partial charge in [-0.05, 0) is 49.7 Å². The first kappa shape index (κ1) is 21.8. The molecule has 0 bridgehead atoms. The van der Waals surface area contributed by atoms with E-state index >= 15 is 0 Å². The molecule has 2 aromatic rings. The number of amides is 2. The molecule has 6 nitrogen and oxygen atoms in total. The van der Waals surface area contributed by atoms with Crippen molar-refractivity contribution in [3.8, 4) is 0 Å². The molecule has 1 fully saturated rings. The maximum atomic E-state index is 13.6. The normalized spacial score (nSPS) is 14.4. The summed E-state index contributed by atoms with van der Waals surface area (Å²) in [7, 11) is 0. The maximum Gasteiger partial charge on any atom is 0.254 e. The van der Waals surface area contributed by atoms with Crippen molar-refractivity contribution in [2.24, 2.45) is 0 Å². The van der Waals surface area contributed by atoms with Gasteiger partial charge in [-0.25, -0.2) is 4.39 Å². The molecule has 1 aliphatic rings. The van der Waals surface area contributed by atoms with Gasteiger partial charge in [-0.3, -0.25) is 14.5 Å². The van der Waals surface area contributed by atoms with Crippen LogP contribution in [0.25, 0.3) is 0 Å². The van der Waals surface area contributed by atoms with Gasteiger partial charge < -0.3 is 15.5 Å². The van der Waals surface area contributed by atoms with Gasteiger partial charge >= 0.3 is 0 Å². The molecule has 0 spiro atoms. The first-order valence-electron chi connectivity index (χ1n) is 10.4. The summed E-state index contributed by atoms with van der Waals surface area (Å²) in [6.45, 7) is 7.41. The molecule has 1 heterocycles. The largest absolute Gasteiger partial charge is 0.369 e. The minimum Gasteiger partial charge on any atom is -0.369 e. The smallest absolute Gasteiger partial charge is 0.254 e. The average molecular weight is 413 g/mol. The van der Waals surface area contributed by atoms with Crippen molar-refractivity contribution in [2.45, 2.75) is 13.3 Å². The highest BCUT2D eigenvalue weighted by atomic mass is 19.1. The highest BCUT2D eigenvalue weighted by Crippen LogP contribution is 2.17. The molecule has 0 aromatic heterocycles. The minimum absolute atomic E-state index is 0.0601. The Morgan fingerprint density at radius 3 is 2.50 bits per heavy atom. The van der Waals surface area contributed by atoms with Gasteiger partial charge in [0.05, 0.1) is 12.1 Å². The van der Waals surface area contributed by atoms with Crippen LogP contribution in [0.2, 0.25) is 0 Å². The summed E-state index contributed by atoms with van der Waals surface area (Å²) in [5, 5.41) is 5.25. The topological polar surface area (TPSA) is 64.7 Å². The molecule has 0 aliphatic carbocycles. The molecule has 0 atom stereocenters. The number of piperazine rings is 1. The molecule has 0 unspecified atom stereocenters. The second-order valence-corrected chi connectivity index (χ2v) is 7.53. The summed E-state index contributed by atoms with van der Waals surface area (Å²) in [5.41, 5.74) is 2.49. The molecule has 2 aromatic carbocycles. The number of benzene rings is 2. The summed E-state index contributed by atoms with van der Waals surface area (Å²) < 4.78 is 13.6. The van der Waals surface area contributed by atoms with Crippen LogP contribution in [0, 0.1) is 12.7 Å². The van der Waals surface area contributed by atoms with E-state index in [4.69, 9.17) is 0 Å². The lowest BCUT2D eigenvalue weighted by Gasteiger charge is -2.36. The summed E-state index contributed by atoms with van der Waals surface area (Å²) >= 11 is 0. The standard InChI is InChI=1S/C23H29FN4O2/c1-18-6-4-7-19(16-18)28-14-12-27(13-15-28)11-5-10-25-22(29)17-26-23(30)20-8-2-3-9-21(20)24/h2-4,6-9,16H,5,10-15,17H2,1H3,(H,25,29)(H,26,30). The average Bonchev–Trinajstić information content (AvgIpc) is 2.76. The third kappa shape index (κ3) is 6.29. The van der Waals surface area contributed by atoms with Crippen molar-refractivity contribution in [3.05, 3.63) is 65.5 Å². The van der Waals surface area contributed by atoms with Crippen LogP contribution in [0.4, 0.5) is 10.1 Å². The highest BCUT2D eigenvalue weighted by molar-refractivity contribution is 5.96. The number of rotatable bonds is 8. The Morgan fingerprint density at radius 2 is 1.77 bits per heavy atom. The van der Waals surface area contributed by atoms with Crippen molar-refractivity contribution < 1.29 is 14.0 Å². The van der Waals surface area contributed by atoms with Crippen molar-refractivity contribution in [1.29, 1.82) is 0 Å². The second-order valence-electron chi connectivity index (χ2n) is 7.53. The van der Waals surface area contributed by atoms with Crippen LogP contribution in [0.5, 0.6) is 0 Å². The van der Waals surface area contributed by atoms with Crippen LogP contribution >= 0.6 is 0 Å². The zero-order valence-corrected chi connectivity index (χ0v) is 17.4.